The molecular formula is C17H9Cl3N2O4. The fraction of sp³-hybridized carbons (Fsp3) is 0. The van der Waals surface area contributed by atoms with E-state index in [0.717, 1.165) is 6.07 Å². The molecule has 6 nitrogen and oxygen atoms in total. The number of carbonyl (C=O) groups is 1. The summed E-state index contributed by atoms with van der Waals surface area (Å²) >= 11 is 18.1. The summed E-state index contributed by atoms with van der Waals surface area (Å²) in [6.45, 7) is 0. The zero-order valence-electron chi connectivity index (χ0n) is 12.8. The van der Waals surface area contributed by atoms with Crippen molar-refractivity contribution in [3.05, 3.63) is 79.5 Å². The molecule has 3 rings (SSSR count). The van der Waals surface area contributed by atoms with Crippen LogP contribution in [0.4, 0.5) is 11.4 Å². The van der Waals surface area contributed by atoms with Crippen LogP contribution in [0.25, 0.3) is 11.3 Å². The molecule has 2 aromatic carbocycles. The first-order chi connectivity index (χ1) is 12.4. The maximum atomic E-state index is 12.4. The van der Waals surface area contributed by atoms with Gasteiger partial charge in [0.1, 0.15) is 5.76 Å². The maximum absolute atomic E-state index is 12.4. The van der Waals surface area contributed by atoms with Crippen molar-refractivity contribution in [2.45, 2.75) is 0 Å². The van der Waals surface area contributed by atoms with Crippen LogP contribution >= 0.6 is 34.8 Å². The number of hydrogen-bond acceptors (Lipinski definition) is 4. The average Bonchev–Trinajstić information content (AvgIpc) is 3.09. The third-order valence-electron chi connectivity index (χ3n) is 3.46. The number of benzene rings is 2. The highest BCUT2D eigenvalue weighted by molar-refractivity contribution is 6.43. The highest BCUT2D eigenvalue weighted by Crippen LogP contribution is 2.34. The predicted molar refractivity (Wildman–Crippen MR) is 100 cm³/mol. The molecule has 1 aromatic heterocycles. The molecule has 26 heavy (non-hydrogen) atoms. The van der Waals surface area contributed by atoms with E-state index < -0.39 is 10.8 Å². The van der Waals surface area contributed by atoms with Crippen LogP contribution in [0.3, 0.4) is 0 Å². The third-order valence-corrected chi connectivity index (χ3v) is 4.60. The van der Waals surface area contributed by atoms with Gasteiger partial charge in [0, 0.05) is 17.7 Å². The Hall–Kier alpha value is -2.54. The van der Waals surface area contributed by atoms with E-state index in [1.54, 1.807) is 24.3 Å². The number of nitrogens with zero attached hydrogens (tertiary/aromatic N) is 1. The van der Waals surface area contributed by atoms with Gasteiger partial charge in [0.05, 0.1) is 25.7 Å². The topological polar surface area (TPSA) is 85.4 Å². The maximum Gasteiger partial charge on any atom is 0.291 e. The second kappa shape index (κ2) is 7.37. The number of nitro benzene ring substituents is 1. The van der Waals surface area contributed by atoms with Gasteiger partial charge in [0.25, 0.3) is 11.6 Å². The molecule has 0 atom stereocenters. The lowest BCUT2D eigenvalue weighted by atomic mass is 10.2. The molecule has 0 bridgehead atoms. The standard InChI is InChI=1S/C17H9Cl3N2O4/c18-11-5-4-9(22(24)25)8-13(11)21-17(23)15-7-6-14(26-15)10-2-1-3-12(19)16(10)20/h1-8H,(H,21,23). The zero-order valence-corrected chi connectivity index (χ0v) is 15.1. The summed E-state index contributed by atoms with van der Waals surface area (Å²) in [5, 5.41) is 14.2. The van der Waals surface area contributed by atoms with Crippen LogP contribution in [0.5, 0.6) is 0 Å². The number of nitro groups is 1. The summed E-state index contributed by atoms with van der Waals surface area (Å²) in [7, 11) is 0. The minimum atomic E-state index is -0.614. The fourth-order valence-electron chi connectivity index (χ4n) is 2.21. The van der Waals surface area contributed by atoms with E-state index >= 15 is 0 Å². The van der Waals surface area contributed by atoms with E-state index in [-0.39, 0.29) is 22.2 Å². The molecule has 0 radical (unpaired) electrons. The van der Waals surface area contributed by atoms with Crippen LogP contribution in [0.15, 0.2) is 52.9 Å². The van der Waals surface area contributed by atoms with Crippen LogP contribution in [0.1, 0.15) is 10.6 Å². The summed E-state index contributed by atoms with van der Waals surface area (Å²) in [5.41, 5.74) is 0.437. The fourth-order valence-corrected chi connectivity index (χ4v) is 2.76. The Bertz CT molecular complexity index is 1020. The monoisotopic (exact) mass is 410 g/mol. The lowest BCUT2D eigenvalue weighted by Crippen LogP contribution is -2.11. The van der Waals surface area contributed by atoms with Crippen LogP contribution < -0.4 is 5.32 Å². The molecule has 0 aliphatic heterocycles. The largest absolute Gasteiger partial charge is 0.451 e. The second-order valence-corrected chi connectivity index (χ2v) is 6.33. The number of non-ortho nitro benzene ring substituents is 1. The Kier molecular flexibility index (Phi) is 5.18. The van der Waals surface area contributed by atoms with Gasteiger partial charge in [-0.25, -0.2) is 0 Å². The summed E-state index contributed by atoms with van der Waals surface area (Å²) in [6, 6.07) is 11.8. The number of nitrogens with one attached hydrogen (secondary N) is 1. The van der Waals surface area contributed by atoms with E-state index in [0.29, 0.717) is 21.4 Å². The Balaban J connectivity index is 1.86. The Labute approximate surface area is 162 Å². The Morgan fingerprint density at radius 3 is 2.54 bits per heavy atom. The summed E-state index contributed by atoms with van der Waals surface area (Å²) < 4.78 is 5.53. The highest BCUT2D eigenvalue weighted by Gasteiger charge is 2.17. The van der Waals surface area contributed by atoms with Crippen molar-refractivity contribution >= 4 is 52.1 Å². The molecule has 0 unspecified atom stereocenters. The van der Waals surface area contributed by atoms with Gasteiger partial charge in [0.15, 0.2) is 5.76 Å². The summed E-state index contributed by atoms with van der Waals surface area (Å²) in [6.07, 6.45) is 0. The lowest BCUT2D eigenvalue weighted by Gasteiger charge is -2.06. The first kappa shape index (κ1) is 18.3. The minimum Gasteiger partial charge on any atom is -0.451 e. The van der Waals surface area contributed by atoms with Gasteiger partial charge in [-0.15, -0.1) is 0 Å². The molecule has 3 aromatic rings. The first-order valence-corrected chi connectivity index (χ1v) is 8.29. The first-order valence-electron chi connectivity index (χ1n) is 7.16. The summed E-state index contributed by atoms with van der Waals surface area (Å²) in [4.78, 5) is 22.6. The average molecular weight is 412 g/mol. The smallest absolute Gasteiger partial charge is 0.291 e. The number of furan rings is 1. The molecule has 132 valence electrons. The van der Waals surface area contributed by atoms with Crippen molar-refractivity contribution in [1.29, 1.82) is 0 Å². The molecule has 0 spiro atoms. The Morgan fingerprint density at radius 2 is 1.81 bits per heavy atom. The van der Waals surface area contributed by atoms with Crippen molar-refractivity contribution in [2.24, 2.45) is 0 Å². The molecule has 0 aliphatic rings. The SMILES string of the molecule is O=C(Nc1cc([N+](=O)[O-])ccc1Cl)c1ccc(-c2cccc(Cl)c2Cl)o1. The number of amides is 1. The minimum absolute atomic E-state index is 0.0152. The van der Waals surface area contributed by atoms with Gasteiger partial charge < -0.3 is 9.73 Å². The van der Waals surface area contributed by atoms with Crippen molar-refractivity contribution in [1.82, 2.24) is 0 Å². The highest BCUT2D eigenvalue weighted by atomic mass is 35.5. The molecule has 0 aliphatic carbocycles. The molecule has 9 heteroatoms. The lowest BCUT2D eigenvalue weighted by molar-refractivity contribution is -0.384. The van der Waals surface area contributed by atoms with E-state index in [2.05, 4.69) is 5.32 Å². The predicted octanol–water partition coefficient (Wildman–Crippen LogP) is 6.07. The van der Waals surface area contributed by atoms with E-state index in [9.17, 15) is 14.9 Å². The molecule has 0 saturated carbocycles. The van der Waals surface area contributed by atoms with Gasteiger partial charge in [-0.2, -0.15) is 0 Å². The number of rotatable bonds is 4. The van der Waals surface area contributed by atoms with E-state index in [1.807, 2.05) is 0 Å². The van der Waals surface area contributed by atoms with Gasteiger partial charge in [-0.05, 0) is 30.3 Å². The molecule has 0 fully saturated rings. The van der Waals surface area contributed by atoms with Crippen molar-refractivity contribution in [3.63, 3.8) is 0 Å². The third kappa shape index (κ3) is 3.67. The molecule has 1 N–H and O–H groups in total. The normalized spacial score (nSPS) is 10.6. The van der Waals surface area contributed by atoms with Crippen LogP contribution in [0.2, 0.25) is 15.1 Å². The van der Waals surface area contributed by atoms with E-state index in [1.165, 1.54) is 18.2 Å². The van der Waals surface area contributed by atoms with Crippen molar-refractivity contribution in [3.8, 4) is 11.3 Å². The summed E-state index contributed by atoms with van der Waals surface area (Å²) in [5.74, 6) is -0.275. The molecule has 0 saturated heterocycles. The Morgan fingerprint density at radius 1 is 1.04 bits per heavy atom. The van der Waals surface area contributed by atoms with Crippen molar-refractivity contribution in [2.75, 3.05) is 5.32 Å². The van der Waals surface area contributed by atoms with Gasteiger partial charge >= 0.3 is 0 Å². The number of hydrogen-bond donors (Lipinski definition) is 1. The van der Waals surface area contributed by atoms with Crippen LogP contribution in [0, 0.1) is 10.1 Å². The quantitative estimate of drug-likeness (QED) is 0.417. The second-order valence-electron chi connectivity index (χ2n) is 5.14. The van der Waals surface area contributed by atoms with E-state index in [4.69, 9.17) is 39.2 Å². The number of anilines is 1. The number of halogens is 3. The van der Waals surface area contributed by atoms with Gasteiger partial charge in [-0.1, -0.05) is 40.9 Å². The van der Waals surface area contributed by atoms with Crippen LogP contribution in [-0.2, 0) is 0 Å². The molecular weight excluding hydrogens is 403 g/mol. The van der Waals surface area contributed by atoms with Gasteiger partial charge in [-0.3, -0.25) is 14.9 Å². The number of carbonyl (C=O) groups excluding carboxylic acids is 1. The van der Waals surface area contributed by atoms with Crippen molar-refractivity contribution < 1.29 is 14.1 Å². The molecule has 1 amide bonds. The van der Waals surface area contributed by atoms with Gasteiger partial charge in [0.2, 0.25) is 0 Å². The molecule has 1 heterocycles. The zero-order chi connectivity index (χ0) is 18.8. The van der Waals surface area contributed by atoms with Crippen LogP contribution in [-0.4, -0.2) is 10.8 Å².